The van der Waals surface area contributed by atoms with Gasteiger partial charge in [0.1, 0.15) is 0 Å². The molecule has 0 saturated carbocycles. The number of aliphatic hydroxyl groups excluding tert-OH is 1. The number of rotatable bonds is 4. The highest BCUT2D eigenvalue weighted by atomic mass is 16.5. The van der Waals surface area contributed by atoms with Crippen LogP contribution >= 0.6 is 0 Å². The third-order valence-electron chi connectivity index (χ3n) is 1.79. The number of carbonyl (C=O) groups excluding carboxylic acids is 1. The number of carbonyl (C=O) groups is 1. The van der Waals surface area contributed by atoms with Gasteiger partial charge in [0, 0.05) is 0 Å². The summed E-state index contributed by atoms with van der Waals surface area (Å²) in [5, 5.41) is 9.54. The van der Waals surface area contributed by atoms with Crippen molar-refractivity contribution in [2.24, 2.45) is 0 Å². The molecule has 0 unspecified atom stereocenters. The van der Waals surface area contributed by atoms with Crippen molar-refractivity contribution in [2.45, 2.75) is 19.4 Å². The predicted octanol–water partition coefficient (Wildman–Crippen LogP) is 1.67. The molecule has 0 aliphatic carbocycles. The van der Waals surface area contributed by atoms with Crippen molar-refractivity contribution >= 4 is 5.97 Å². The molecule has 0 aliphatic heterocycles. The van der Waals surface area contributed by atoms with Gasteiger partial charge in [0.15, 0.2) is 6.10 Å². The number of esters is 1. The van der Waals surface area contributed by atoms with Crippen molar-refractivity contribution < 1.29 is 14.6 Å². The Balaban J connectivity index is 2.57. The van der Waals surface area contributed by atoms with Crippen LogP contribution in [0.1, 0.15) is 25.0 Å². The van der Waals surface area contributed by atoms with Crippen molar-refractivity contribution in [1.29, 1.82) is 0 Å². The molecule has 0 amide bonds. The van der Waals surface area contributed by atoms with E-state index < -0.39 is 12.1 Å². The third-order valence-corrected chi connectivity index (χ3v) is 1.79. The second-order valence-electron chi connectivity index (χ2n) is 2.98. The lowest BCUT2D eigenvalue weighted by Gasteiger charge is -2.09. The molecule has 1 atom stereocenters. The van der Waals surface area contributed by atoms with Crippen LogP contribution in [-0.2, 0) is 9.53 Å². The molecular formula is C11H14O3. The van der Waals surface area contributed by atoms with E-state index in [1.165, 1.54) is 0 Å². The molecule has 0 radical (unpaired) electrons. The molecule has 0 saturated heterocycles. The van der Waals surface area contributed by atoms with Crippen molar-refractivity contribution in [2.75, 3.05) is 6.61 Å². The highest BCUT2D eigenvalue weighted by molar-refractivity contribution is 5.76. The molecule has 76 valence electrons. The van der Waals surface area contributed by atoms with Crippen LogP contribution < -0.4 is 0 Å². The van der Waals surface area contributed by atoms with Crippen LogP contribution in [0, 0.1) is 0 Å². The first kappa shape index (κ1) is 10.7. The standard InChI is InChI=1S/C11H14O3/c1-2-8-14-11(13)10(12)9-6-4-3-5-7-9/h3-7,10,12H,2,8H2,1H3/t10-/m1/s1. The van der Waals surface area contributed by atoms with Crippen molar-refractivity contribution in [3.8, 4) is 0 Å². The minimum absolute atomic E-state index is 0.350. The molecule has 1 rings (SSSR count). The summed E-state index contributed by atoms with van der Waals surface area (Å²) in [7, 11) is 0. The molecule has 1 aromatic rings. The first-order chi connectivity index (χ1) is 6.75. The Morgan fingerprint density at radius 2 is 2.07 bits per heavy atom. The zero-order chi connectivity index (χ0) is 10.4. The largest absolute Gasteiger partial charge is 0.464 e. The van der Waals surface area contributed by atoms with Gasteiger partial charge in [-0.3, -0.25) is 0 Å². The van der Waals surface area contributed by atoms with Gasteiger partial charge in [-0.05, 0) is 12.0 Å². The maximum Gasteiger partial charge on any atom is 0.339 e. The molecule has 0 fully saturated rings. The van der Waals surface area contributed by atoms with Crippen LogP contribution in [0.3, 0.4) is 0 Å². The Labute approximate surface area is 83.3 Å². The SMILES string of the molecule is CCCOC(=O)[C@H](O)c1ccccc1. The third kappa shape index (κ3) is 2.85. The zero-order valence-corrected chi connectivity index (χ0v) is 8.14. The second kappa shape index (κ2) is 5.40. The normalized spacial score (nSPS) is 12.1. The topological polar surface area (TPSA) is 46.5 Å². The maximum atomic E-state index is 11.2. The Bertz CT molecular complexity index is 282. The monoisotopic (exact) mass is 194 g/mol. The van der Waals surface area contributed by atoms with Gasteiger partial charge in [0.25, 0.3) is 0 Å². The molecule has 14 heavy (non-hydrogen) atoms. The summed E-state index contributed by atoms with van der Waals surface area (Å²) in [6.07, 6.45) is -0.407. The van der Waals surface area contributed by atoms with E-state index in [4.69, 9.17) is 4.74 Å². The summed E-state index contributed by atoms with van der Waals surface area (Å²) in [5.41, 5.74) is 0.564. The molecule has 1 aromatic carbocycles. The average Bonchev–Trinajstić information content (AvgIpc) is 2.26. The van der Waals surface area contributed by atoms with E-state index in [1.54, 1.807) is 24.3 Å². The van der Waals surface area contributed by atoms with Gasteiger partial charge in [-0.2, -0.15) is 0 Å². The summed E-state index contributed by atoms with van der Waals surface area (Å²) in [5.74, 6) is -0.585. The maximum absolute atomic E-state index is 11.2. The minimum Gasteiger partial charge on any atom is -0.464 e. The summed E-state index contributed by atoms with van der Waals surface area (Å²) >= 11 is 0. The van der Waals surface area contributed by atoms with Gasteiger partial charge >= 0.3 is 5.97 Å². The van der Waals surface area contributed by atoms with E-state index in [2.05, 4.69) is 0 Å². The summed E-state index contributed by atoms with van der Waals surface area (Å²) in [6.45, 7) is 2.25. The molecule has 0 aromatic heterocycles. The van der Waals surface area contributed by atoms with E-state index >= 15 is 0 Å². The number of aliphatic hydroxyl groups is 1. The molecule has 0 spiro atoms. The Kier molecular flexibility index (Phi) is 4.13. The average molecular weight is 194 g/mol. The van der Waals surface area contributed by atoms with Crippen molar-refractivity contribution in [3.05, 3.63) is 35.9 Å². The van der Waals surface area contributed by atoms with Gasteiger partial charge in [0.05, 0.1) is 6.61 Å². The van der Waals surface area contributed by atoms with Crippen LogP contribution in [0.5, 0.6) is 0 Å². The lowest BCUT2D eigenvalue weighted by molar-refractivity contribution is -0.153. The van der Waals surface area contributed by atoms with E-state index in [0.717, 1.165) is 6.42 Å². The fourth-order valence-corrected chi connectivity index (χ4v) is 1.05. The fraction of sp³-hybridized carbons (Fsp3) is 0.364. The van der Waals surface area contributed by atoms with Gasteiger partial charge in [0.2, 0.25) is 0 Å². The smallest absolute Gasteiger partial charge is 0.339 e. The van der Waals surface area contributed by atoms with Crippen molar-refractivity contribution in [1.82, 2.24) is 0 Å². The quantitative estimate of drug-likeness (QED) is 0.742. The van der Waals surface area contributed by atoms with Gasteiger partial charge < -0.3 is 9.84 Å². The number of hydrogen-bond acceptors (Lipinski definition) is 3. The fourth-order valence-electron chi connectivity index (χ4n) is 1.05. The van der Waals surface area contributed by atoms with E-state index in [9.17, 15) is 9.90 Å². The lowest BCUT2D eigenvalue weighted by Crippen LogP contribution is -2.15. The molecule has 0 aliphatic rings. The molecular weight excluding hydrogens is 180 g/mol. The highest BCUT2D eigenvalue weighted by Crippen LogP contribution is 2.13. The molecule has 1 N–H and O–H groups in total. The molecule has 3 heteroatoms. The van der Waals surface area contributed by atoms with Gasteiger partial charge in [-0.25, -0.2) is 4.79 Å². The number of benzene rings is 1. The second-order valence-corrected chi connectivity index (χ2v) is 2.98. The summed E-state index contributed by atoms with van der Waals surface area (Å²) in [4.78, 5) is 11.2. The van der Waals surface area contributed by atoms with Crippen LogP contribution in [0.15, 0.2) is 30.3 Å². The van der Waals surface area contributed by atoms with Gasteiger partial charge in [-0.1, -0.05) is 37.3 Å². The van der Waals surface area contributed by atoms with Crippen molar-refractivity contribution in [3.63, 3.8) is 0 Å². The molecule has 0 bridgehead atoms. The zero-order valence-electron chi connectivity index (χ0n) is 8.14. The predicted molar refractivity (Wildman–Crippen MR) is 52.7 cm³/mol. The van der Waals surface area contributed by atoms with Crippen LogP contribution in [-0.4, -0.2) is 17.7 Å². The first-order valence-electron chi connectivity index (χ1n) is 4.65. The number of ether oxygens (including phenoxy) is 1. The van der Waals surface area contributed by atoms with Crippen LogP contribution in [0.2, 0.25) is 0 Å². The molecule has 0 heterocycles. The Hall–Kier alpha value is -1.35. The van der Waals surface area contributed by atoms with Gasteiger partial charge in [-0.15, -0.1) is 0 Å². The molecule has 3 nitrogen and oxygen atoms in total. The number of hydrogen-bond donors (Lipinski definition) is 1. The van der Waals surface area contributed by atoms with E-state index in [0.29, 0.717) is 12.2 Å². The van der Waals surface area contributed by atoms with E-state index in [-0.39, 0.29) is 0 Å². The minimum atomic E-state index is -1.16. The van der Waals surface area contributed by atoms with E-state index in [1.807, 2.05) is 13.0 Å². The highest BCUT2D eigenvalue weighted by Gasteiger charge is 2.17. The Morgan fingerprint density at radius 1 is 1.43 bits per heavy atom. The first-order valence-corrected chi connectivity index (χ1v) is 4.65. The summed E-state index contributed by atoms with van der Waals surface area (Å²) in [6, 6.07) is 8.75. The van der Waals surface area contributed by atoms with Crippen LogP contribution in [0.4, 0.5) is 0 Å². The Morgan fingerprint density at radius 3 is 2.64 bits per heavy atom. The van der Waals surface area contributed by atoms with Crippen LogP contribution in [0.25, 0.3) is 0 Å². The lowest BCUT2D eigenvalue weighted by atomic mass is 10.1. The summed E-state index contributed by atoms with van der Waals surface area (Å²) < 4.78 is 4.82.